The molecule has 0 aliphatic carbocycles. The lowest BCUT2D eigenvalue weighted by molar-refractivity contribution is -0.144. The molecule has 1 heterocycles. The van der Waals surface area contributed by atoms with Crippen molar-refractivity contribution in [3.8, 4) is 29.8 Å². The zero-order valence-electron chi connectivity index (χ0n) is 16.5. The summed E-state index contributed by atoms with van der Waals surface area (Å²) in [6.07, 6.45) is 6.48. The quantitative estimate of drug-likeness (QED) is 0.338. The Hall–Kier alpha value is -3.97. The van der Waals surface area contributed by atoms with Crippen molar-refractivity contribution in [1.29, 1.82) is 5.26 Å². The molecule has 0 fully saturated rings. The van der Waals surface area contributed by atoms with Crippen LogP contribution >= 0.6 is 0 Å². The molecule has 1 amide bonds. The van der Waals surface area contributed by atoms with Crippen LogP contribution in [0.1, 0.15) is 17.0 Å². The van der Waals surface area contributed by atoms with Crippen LogP contribution in [-0.4, -0.2) is 36.7 Å². The fourth-order valence-corrected chi connectivity index (χ4v) is 2.82. The molecule has 2 rings (SSSR count). The Bertz CT molecular complexity index is 1040. The molecule has 2 aromatic rings. The van der Waals surface area contributed by atoms with Crippen LogP contribution in [0, 0.1) is 37.5 Å². The van der Waals surface area contributed by atoms with E-state index in [1.54, 1.807) is 7.11 Å². The summed E-state index contributed by atoms with van der Waals surface area (Å²) in [6.45, 7) is 3.31. The highest BCUT2D eigenvalue weighted by molar-refractivity contribution is 5.99. The number of aromatic nitrogens is 1. The number of hydrogen-bond donors (Lipinski definition) is 1. The summed E-state index contributed by atoms with van der Waals surface area (Å²) in [7, 11) is 1.59. The fourth-order valence-electron chi connectivity index (χ4n) is 2.82. The van der Waals surface area contributed by atoms with Gasteiger partial charge in [-0.05, 0) is 43.7 Å². The summed E-state index contributed by atoms with van der Waals surface area (Å²) in [5.74, 6) is 1.52. The van der Waals surface area contributed by atoms with E-state index in [1.165, 1.54) is 6.08 Å². The predicted molar refractivity (Wildman–Crippen MR) is 108 cm³/mol. The van der Waals surface area contributed by atoms with Gasteiger partial charge in [0.2, 0.25) is 0 Å². The minimum absolute atomic E-state index is 0.0340. The molecule has 0 spiro atoms. The van der Waals surface area contributed by atoms with Gasteiger partial charge in [-0.25, -0.2) is 4.79 Å². The fraction of sp³-hybridized carbons (Fsp3) is 0.227. The van der Waals surface area contributed by atoms with E-state index in [9.17, 15) is 14.9 Å². The van der Waals surface area contributed by atoms with Gasteiger partial charge in [0.25, 0.3) is 5.91 Å². The van der Waals surface area contributed by atoms with Crippen LogP contribution in [0.3, 0.4) is 0 Å². The lowest BCUT2D eigenvalue weighted by Gasteiger charge is -2.13. The summed E-state index contributed by atoms with van der Waals surface area (Å²) >= 11 is 0. The summed E-state index contributed by atoms with van der Waals surface area (Å²) in [6, 6.07) is 11.2. The third-order valence-electron chi connectivity index (χ3n) is 4.16. The van der Waals surface area contributed by atoms with E-state index in [2.05, 4.69) is 11.2 Å². The van der Waals surface area contributed by atoms with Gasteiger partial charge in [-0.3, -0.25) is 4.79 Å². The number of carbonyl (C=O) groups is 2. The first-order chi connectivity index (χ1) is 13.9. The smallest absolute Gasteiger partial charge is 0.349 e. The number of ether oxygens (including phenoxy) is 2. The monoisotopic (exact) mass is 391 g/mol. The number of benzene rings is 1. The summed E-state index contributed by atoms with van der Waals surface area (Å²) in [5.41, 5.74) is 3.03. The number of carbonyl (C=O) groups excluding carboxylic acids is 2. The molecule has 0 saturated carbocycles. The third-order valence-corrected chi connectivity index (χ3v) is 4.16. The molecule has 1 aromatic heterocycles. The number of hydrogen-bond acceptors (Lipinski definition) is 5. The molecule has 0 saturated heterocycles. The maximum Gasteiger partial charge on any atom is 0.349 e. The number of nitriles is 1. The SMILES string of the molecule is C#CCNC(=O)COC(=O)/C(C#N)=C/c1cc(C)n(-c2ccccc2OC)c1C. The number of nitrogens with zero attached hydrogens (tertiary/aromatic N) is 2. The maximum absolute atomic E-state index is 12.2. The van der Waals surface area contributed by atoms with E-state index in [-0.39, 0.29) is 12.1 Å². The zero-order valence-corrected chi connectivity index (χ0v) is 16.5. The van der Waals surface area contributed by atoms with Gasteiger partial charge in [0, 0.05) is 11.4 Å². The molecular weight excluding hydrogens is 370 g/mol. The highest BCUT2D eigenvalue weighted by Crippen LogP contribution is 2.28. The first-order valence-electron chi connectivity index (χ1n) is 8.74. The first kappa shape index (κ1) is 21.3. The van der Waals surface area contributed by atoms with Gasteiger partial charge in [0.05, 0.1) is 19.3 Å². The molecule has 0 radical (unpaired) electrons. The van der Waals surface area contributed by atoms with Crippen LogP contribution in [-0.2, 0) is 14.3 Å². The van der Waals surface area contributed by atoms with Crippen LogP contribution in [0.5, 0.6) is 5.75 Å². The molecule has 0 aliphatic rings. The largest absolute Gasteiger partial charge is 0.495 e. The Morgan fingerprint density at radius 1 is 1.31 bits per heavy atom. The van der Waals surface area contributed by atoms with Gasteiger partial charge in [0.15, 0.2) is 6.61 Å². The van der Waals surface area contributed by atoms with Crippen molar-refractivity contribution >= 4 is 18.0 Å². The van der Waals surface area contributed by atoms with Crippen molar-refractivity contribution in [2.75, 3.05) is 20.3 Å². The Kier molecular flexibility index (Phi) is 7.22. The summed E-state index contributed by atoms with van der Waals surface area (Å²) in [4.78, 5) is 23.7. The summed E-state index contributed by atoms with van der Waals surface area (Å²) < 4.78 is 12.3. The number of amides is 1. The van der Waals surface area contributed by atoms with Crippen molar-refractivity contribution in [2.24, 2.45) is 0 Å². The van der Waals surface area contributed by atoms with Gasteiger partial charge < -0.3 is 19.4 Å². The number of aryl methyl sites for hydroxylation is 1. The lowest BCUT2D eigenvalue weighted by Crippen LogP contribution is -2.29. The van der Waals surface area contributed by atoms with Crippen molar-refractivity contribution in [3.63, 3.8) is 0 Å². The van der Waals surface area contributed by atoms with Crippen LogP contribution < -0.4 is 10.1 Å². The average molecular weight is 391 g/mol. The van der Waals surface area contributed by atoms with Crippen molar-refractivity contribution in [2.45, 2.75) is 13.8 Å². The second-order valence-corrected chi connectivity index (χ2v) is 6.06. The van der Waals surface area contributed by atoms with Gasteiger partial charge in [-0.2, -0.15) is 5.26 Å². The van der Waals surface area contributed by atoms with Crippen LogP contribution in [0.25, 0.3) is 11.8 Å². The number of esters is 1. The van der Waals surface area contributed by atoms with E-state index < -0.39 is 18.5 Å². The predicted octanol–water partition coefficient (Wildman–Crippen LogP) is 2.30. The minimum Gasteiger partial charge on any atom is -0.495 e. The van der Waals surface area contributed by atoms with Crippen molar-refractivity contribution < 1.29 is 19.1 Å². The van der Waals surface area contributed by atoms with Gasteiger partial charge in [0.1, 0.15) is 17.4 Å². The number of nitrogens with one attached hydrogen (secondary N) is 1. The molecule has 0 aliphatic heterocycles. The molecule has 7 heteroatoms. The number of methoxy groups -OCH3 is 1. The highest BCUT2D eigenvalue weighted by atomic mass is 16.5. The van der Waals surface area contributed by atoms with E-state index >= 15 is 0 Å². The van der Waals surface area contributed by atoms with Crippen LogP contribution in [0.4, 0.5) is 0 Å². The summed E-state index contributed by atoms with van der Waals surface area (Å²) in [5, 5.41) is 11.7. The molecule has 0 bridgehead atoms. The number of para-hydroxylation sites is 2. The van der Waals surface area contributed by atoms with Gasteiger partial charge >= 0.3 is 5.97 Å². The Morgan fingerprint density at radius 3 is 2.69 bits per heavy atom. The molecule has 0 unspecified atom stereocenters. The Morgan fingerprint density at radius 2 is 2.03 bits per heavy atom. The second-order valence-electron chi connectivity index (χ2n) is 6.06. The zero-order chi connectivity index (χ0) is 21.4. The molecule has 1 N–H and O–H groups in total. The Labute approximate surface area is 169 Å². The van der Waals surface area contributed by atoms with Crippen molar-refractivity contribution in [3.05, 3.63) is 52.9 Å². The third kappa shape index (κ3) is 5.06. The highest BCUT2D eigenvalue weighted by Gasteiger charge is 2.17. The minimum atomic E-state index is -0.884. The Balaban J connectivity index is 2.29. The van der Waals surface area contributed by atoms with E-state index in [0.717, 1.165) is 17.1 Å². The molecule has 1 aromatic carbocycles. The molecule has 148 valence electrons. The molecule has 7 nitrogen and oxygen atoms in total. The van der Waals surface area contributed by atoms with Gasteiger partial charge in [-0.1, -0.05) is 18.1 Å². The van der Waals surface area contributed by atoms with Crippen LogP contribution in [0.15, 0.2) is 35.9 Å². The number of rotatable bonds is 7. The topological polar surface area (TPSA) is 93.4 Å². The lowest BCUT2D eigenvalue weighted by atomic mass is 10.1. The number of terminal acetylenes is 1. The maximum atomic E-state index is 12.2. The van der Waals surface area contributed by atoms with Crippen molar-refractivity contribution in [1.82, 2.24) is 9.88 Å². The van der Waals surface area contributed by atoms with Gasteiger partial charge in [-0.15, -0.1) is 6.42 Å². The second kappa shape index (κ2) is 9.82. The molecular formula is C22H21N3O4. The van der Waals surface area contributed by atoms with E-state index in [0.29, 0.717) is 11.3 Å². The van der Waals surface area contributed by atoms with Crippen LogP contribution in [0.2, 0.25) is 0 Å². The normalized spacial score (nSPS) is 10.6. The molecule has 29 heavy (non-hydrogen) atoms. The molecule has 0 atom stereocenters. The standard InChI is InChI=1S/C22H21N3O4/c1-5-10-24-21(26)14-29-22(27)18(13-23)12-17-11-15(2)25(16(17)3)19-8-6-7-9-20(19)28-4/h1,6-9,11-12H,10,14H2,2-4H3,(H,24,26)/b18-12+. The average Bonchev–Trinajstić information content (AvgIpc) is 3.01. The van der Waals surface area contributed by atoms with E-state index in [1.807, 2.05) is 54.8 Å². The first-order valence-corrected chi connectivity index (χ1v) is 8.74. The van der Waals surface area contributed by atoms with E-state index in [4.69, 9.17) is 15.9 Å².